The Labute approximate surface area is 88.1 Å². The van der Waals surface area contributed by atoms with E-state index in [1.165, 1.54) is 44.9 Å². The van der Waals surface area contributed by atoms with Crippen molar-refractivity contribution in [3.05, 3.63) is 0 Å². The van der Waals surface area contributed by atoms with E-state index in [0.717, 1.165) is 11.8 Å². The first kappa shape index (κ1) is 11.4. The Morgan fingerprint density at radius 3 is 2.38 bits per heavy atom. The van der Waals surface area contributed by atoms with Crippen molar-refractivity contribution in [1.29, 1.82) is 0 Å². The Morgan fingerprint density at radius 1 is 1.23 bits per heavy atom. The van der Waals surface area contributed by atoms with Crippen molar-refractivity contribution in [3.63, 3.8) is 0 Å². The third-order valence-corrected chi connectivity index (χ3v) is 4.14. The number of hydrogen-bond acceptors (Lipinski definition) is 0. The second-order valence-corrected chi connectivity index (χ2v) is 5.12. The predicted molar refractivity (Wildman–Crippen MR) is 60.3 cm³/mol. The van der Waals surface area contributed by atoms with Crippen LogP contribution in [-0.2, 0) is 0 Å². The topological polar surface area (TPSA) is 0 Å². The van der Waals surface area contributed by atoms with E-state index >= 15 is 0 Å². The fourth-order valence-electron chi connectivity index (χ4n) is 2.49. The van der Waals surface area contributed by atoms with E-state index in [1.54, 1.807) is 0 Å². The molecule has 1 fully saturated rings. The quantitative estimate of drug-likeness (QED) is 0.584. The summed E-state index contributed by atoms with van der Waals surface area (Å²) in [4.78, 5) is 0. The lowest BCUT2D eigenvalue weighted by Gasteiger charge is -2.30. The van der Waals surface area contributed by atoms with Crippen molar-refractivity contribution in [2.45, 2.75) is 64.2 Å². The Hall–Kier alpha value is 0.290. The normalized spacial score (nSPS) is 24.2. The van der Waals surface area contributed by atoms with Crippen molar-refractivity contribution in [1.82, 2.24) is 0 Å². The van der Waals surface area contributed by atoms with Crippen LogP contribution >= 0.6 is 11.6 Å². The monoisotopic (exact) mass is 202 g/mol. The number of rotatable bonds is 4. The van der Waals surface area contributed by atoms with E-state index in [9.17, 15) is 0 Å². The van der Waals surface area contributed by atoms with E-state index in [2.05, 4.69) is 13.8 Å². The molecule has 1 aliphatic carbocycles. The largest absolute Gasteiger partial charge is 0.123 e. The van der Waals surface area contributed by atoms with E-state index in [-0.39, 0.29) is 0 Å². The third kappa shape index (κ3) is 3.50. The zero-order valence-corrected chi connectivity index (χ0v) is 9.82. The predicted octanol–water partition coefficient (Wildman–Crippen LogP) is 4.61. The van der Waals surface area contributed by atoms with Crippen LogP contribution in [0.2, 0.25) is 0 Å². The summed E-state index contributed by atoms with van der Waals surface area (Å²) in [6.45, 7) is 4.58. The van der Waals surface area contributed by atoms with E-state index in [4.69, 9.17) is 11.6 Å². The summed E-state index contributed by atoms with van der Waals surface area (Å²) in [5.41, 5.74) is 0. The summed E-state index contributed by atoms with van der Waals surface area (Å²) in [5, 5.41) is 0.424. The van der Waals surface area contributed by atoms with Crippen LogP contribution in [0.1, 0.15) is 58.8 Å². The summed E-state index contributed by atoms with van der Waals surface area (Å²) in [6.07, 6.45) is 9.59. The highest BCUT2D eigenvalue weighted by atomic mass is 35.5. The van der Waals surface area contributed by atoms with E-state index < -0.39 is 0 Å². The molecular formula is C12H23Cl. The van der Waals surface area contributed by atoms with E-state index in [0.29, 0.717) is 5.38 Å². The molecule has 1 aliphatic rings. The van der Waals surface area contributed by atoms with Crippen molar-refractivity contribution in [2.24, 2.45) is 11.8 Å². The molecule has 1 saturated carbocycles. The van der Waals surface area contributed by atoms with E-state index in [1.807, 2.05) is 0 Å². The van der Waals surface area contributed by atoms with Crippen LogP contribution in [0.4, 0.5) is 0 Å². The van der Waals surface area contributed by atoms with Crippen molar-refractivity contribution in [2.75, 3.05) is 0 Å². The first-order chi connectivity index (χ1) is 6.25. The maximum Gasteiger partial charge on any atom is 0.0364 e. The molecule has 0 amide bonds. The van der Waals surface area contributed by atoms with Gasteiger partial charge in [0.25, 0.3) is 0 Å². The van der Waals surface area contributed by atoms with Gasteiger partial charge in [-0.15, -0.1) is 11.6 Å². The Kier molecular flexibility index (Phi) is 5.16. The molecular weight excluding hydrogens is 180 g/mol. The van der Waals surface area contributed by atoms with Crippen LogP contribution in [0.15, 0.2) is 0 Å². The van der Waals surface area contributed by atoms with Crippen LogP contribution in [0.5, 0.6) is 0 Å². The molecule has 0 heterocycles. The molecule has 0 aliphatic heterocycles. The van der Waals surface area contributed by atoms with Gasteiger partial charge in [0.1, 0.15) is 0 Å². The average Bonchev–Trinajstić information content (AvgIpc) is 2.18. The molecule has 78 valence electrons. The Bertz CT molecular complexity index is 127. The second-order valence-electron chi connectivity index (χ2n) is 4.56. The molecule has 2 unspecified atom stereocenters. The van der Waals surface area contributed by atoms with Gasteiger partial charge in [-0.05, 0) is 18.3 Å². The summed E-state index contributed by atoms with van der Waals surface area (Å²) in [7, 11) is 0. The molecule has 0 aromatic carbocycles. The summed E-state index contributed by atoms with van der Waals surface area (Å²) in [5.74, 6) is 1.66. The molecule has 0 radical (unpaired) electrons. The van der Waals surface area contributed by atoms with Crippen molar-refractivity contribution < 1.29 is 0 Å². The van der Waals surface area contributed by atoms with Gasteiger partial charge in [-0.25, -0.2) is 0 Å². The molecule has 1 rings (SSSR count). The molecule has 0 bridgehead atoms. The van der Waals surface area contributed by atoms with Gasteiger partial charge in [-0.3, -0.25) is 0 Å². The van der Waals surface area contributed by atoms with Crippen LogP contribution < -0.4 is 0 Å². The maximum atomic E-state index is 6.36. The van der Waals surface area contributed by atoms with Crippen LogP contribution in [0, 0.1) is 11.8 Å². The van der Waals surface area contributed by atoms with Crippen LogP contribution in [0.3, 0.4) is 0 Å². The second kappa shape index (κ2) is 5.90. The van der Waals surface area contributed by atoms with Crippen molar-refractivity contribution in [3.8, 4) is 0 Å². The van der Waals surface area contributed by atoms with Gasteiger partial charge in [0.15, 0.2) is 0 Å². The molecule has 0 aromatic rings. The highest BCUT2D eigenvalue weighted by molar-refractivity contribution is 6.20. The Morgan fingerprint density at radius 2 is 1.85 bits per heavy atom. The lowest BCUT2D eigenvalue weighted by molar-refractivity contribution is 0.252. The molecule has 0 spiro atoms. The Balaban J connectivity index is 2.31. The number of hydrogen-bond donors (Lipinski definition) is 0. The average molecular weight is 203 g/mol. The molecule has 2 atom stereocenters. The maximum absolute atomic E-state index is 6.36. The fraction of sp³-hybridized carbons (Fsp3) is 1.00. The SMILES string of the molecule is CCCC(Cl)C(C)C1CCCCC1. The summed E-state index contributed by atoms with van der Waals surface area (Å²) >= 11 is 6.36. The highest BCUT2D eigenvalue weighted by Gasteiger charge is 2.24. The third-order valence-electron chi connectivity index (χ3n) is 3.53. The van der Waals surface area contributed by atoms with Gasteiger partial charge < -0.3 is 0 Å². The molecule has 0 aromatic heterocycles. The zero-order valence-electron chi connectivity index (χ0n) is 9.06. The lowest BCUT2D eigenvalue weighted by atomic mass is 9.79. The van der Waals surface area contributed by atoms with Crippen molar-refractivity contribution >= 4 is 11.6 Å². The number of halogens is 1. The minimum absolute atomic E-state index is 0.424. The van der Waals surface area contributed by atoms with Gasteiger partial charge in [0.2, 0.25) is 0 Å². The summed E-state index contributed by atoms with van der Waals surface area (Å²) in [6, 6.07) is 0. The minimum atomic E-state index is 0.424. The van der Waals surface area contributed by atoms with Crippen LogP contribution in [0.25, 0.3) is 0 Å². The first-order valence-electron chi connectivity index (χ1n) is 5.89. The first-order valence-corrected chi connectivity index (χ1v) is 6.33. The highest BCUT2D eigenvalue weighted by Crippen LogP contribution is 2.34. The molecule has 0 saturated heterocycles. The van der Waals surface area contributed by atoms with Gasteiger partial charge in [-0.2, -0.15) is 0 Å². The molecule has 1 heteroatoms. The lowest BCUT2D eigenvalue weighted by Crippen LogP contribution is -2.23. The van der Waals surface area contributed by atoms with Gasteiger partial charge >= 0.3 is 0 Å². The zero-order chi connectivity index (χ0) is 9.68. The number of alkyl halides is 1. The van der Waals surface area contributed by atoms with Gasteiger partial charge in [-0.1, -0.05) is 52.4 Å². The molecule has 0 nitrogen and oxygen atoms in total. The van der Waals surface area contributed by atoms with Gasteiger partial charge in [0.05, 0.1) is 0 Å². The standard InChI is InChI=1S/C12H23Cl/c1-3-7-12(13)10(2)11-8-5-4-6-9-11/h10-12H,3-9H2,1-2H3. The molecule has 0 N–H and O–H groups in total. The smallest absolute Gasteiger partial charge is 0.0364 e. The summed E-state index contributed by atoms with van der Waals surface area (Å²) < 4.78 is 0. The minimum Gasteiger partial charge on any atom is -0.123 e. The fourth-order valence-corrected chi connectivity index (χ4v) is 2.92. The molecule has 13 heavy (non-hydrogen) atoms. The van der Waals surface area contributed by atoms with Crippen LogP contribution in [-0.4, -0.2) is 5.38 Å². The van der Waals surface area contributed by atoms with Gasteiger partial charge in [0, 0.05) is 5.38 Å².